The number of carbonyl (C=O) groups excluding carboxylic acids is 1. The van der Waals surface area contributed by atoms with Crippen molar-refractivity contribution in [2.75, 3.05) is 19.6 Å². The third kappa shape index (κ3) is 4.11. The van der Waals surface area contributed by atoms with Gasteiger partial charge in [0.1, 0.15) is 11.4 Å². The van der Waals surface area contributed by atoms with Gasteiger partial charge in [0.15, 0.2) is 0 Å². The summed E-state index contributed by atoms with van der Waals surface area (Å²) in [5.74, 6) is 0.650. The molecule has 1 amide bonds. The highest BCUT2D eigenvalue weighted by Crippen LogP contribution is 2.20. The minimum Gasteiger partial charge on any atom is -0.350 e. The first-order valence-electron chi connectivity index (χ1n) is 9.38. The Morgan fingerprint density at radius 2 is 1.78 bits per heavy atom. The fourth-order valence-corrected chi connectivity index (χ4v) is 3.46. The van der Waals surface area contributed by atoms with Gasteiger partial charge in [-0.15, -0.1) is 0 Å². The number of carbonyl (C=O) groups is 1. The molecule has 27 heavy (non-hydrogen) atoms. The third-order valence-corrected chi connectivity index (χ3v) is 4.89. The van der Waals surface area contributed by atoms with Crippen molar-refractivity contribution in [2.24, 2.45) is 7.05 Å². The molecule has 1 atom stereocenters. The van der Waals surface area contributed by atoms with E-state index in [4.69, 9.17) is 0 Å². The van der Waals surface area contributed by atoms with Crippen molar-refractivity contribution in [3.05, 3.63) is 72.2 Å². The summed E-state index contributed by atoms with van der Waals surface area (Å²) in [7, 11) is 1.84. The van der Waals surface area contributed by atoms with Crippen LogP contribution in [0.25, 0.3) is 5.82 Å². The predicted molar refractivity (Wildman–Crippen MR) is 107 cm³/mol. The number of likely N-dealkylation sites (N-methyl/N-ethyl adjacent to an activating group) is 1. The highest BCUT2D eigenvalue weighted by atomic mass is 16.1. The normalized spacial score (nSPS) is 12.3. The summed E-state index contributed by atoms with van der Waals surface area (Å²) < 4.78 is 3.62. The van der Waals surface area contributed by atoms with E-state index in [-0.39, 0.29) is 11.9 Å². The van der Waals surface area contributed by atoms with Crippen LogP contribution in [0.4, 0.5) is 0 Å². The highest BCUT2D eigenvalue weighted by molar-refractivity contribution is 5.97. The molecule has 6 nitrogen and oxygen atoms in total. The number of amides is 1. The summed E-state index contributed by atoms with van der Waals surface area (Å²) in [5.41, 5.74) is 1.78. The van der Waals surface area contributed by atoms with Gasteiger partial charge in [0.2, 0.25) is 0 Å². The lowest BCUT2D eigenvalue weighted by molar-refractivity contribution is 0.0935. The first kappa shape index (κ1) is 18.9. The van der Waals surface area contributed by atoms with Crippen LogP contribution in [0.3, 0.4) is 0 Å². The Labute approximate surface area is 160 Å². The molecule has 2 heterocycles. The van der Waals surface area contributed by atoms with Gasteiger partial charge in [0.05, 0.1) is 12.2 Å². The minimum atomic E-state index is -0.111. The van der Waals surface area contributed by atoms with E-state index in [9.17, 15) is 4.79 Å². The molecule has 0 saturated heterocycles. The van der Waals surface area contributed by atoms with E-state index in [2.05, 4.69) is 41.3 Å². The van der Waals surface area contributed by atoms with Crippen molar-refractivity contribution in [1.82, 2.24) is 24.6 Å². The number of benzene rings is 1. The number of rotatable bonds is 8. The number of aromatic nitrogens is 3. The zero-order valence-electron chi connectivity index (χ0n) is 16.2. The lowest BCUT2D eigenvalue weighted by atomic mass is 10.0. The smallest absolute Gasteiger partial charge is 0.256 e. The van der Waals surface area contributed by atoms with E-state index in [0.717, 1.165) is 18.9 Å². The molecule has 1 unspecified atom stereocenters. The third-order valence-electron chi connectivity index (χ3n) is 4.89. The maximum absolute atomic E-state index is 12.9. The van der Waals surface area contributed by atoms with Crippen LogP contribution in [-0.2, 0) is 7.05 Å². The molecule has 0 fully saturated rings. The van der Waals surface area contributed by atoms with Gasteiger partial charge >= 0.3 is 0 Å². The predicted octanol–water partition coefficient (Wildman–Crippen LogP) is 3.02. The molecular formula is C21H27N5O. The van der Waals surface area contributed by atoms with Crippen LogP contribution in [-0.4, -0.2) is 44.8 Å². The van der Waals surface area contributed by atoms with Crippen molar-refractivity contribution in [3.63, 3.8) is 0 Å². The average Bonchev–Trinajstić information content (AvgIpc) is 3.35. The van der Waals surface area contributed by atoms with Crippen LogP contribution in [0.5, 0.6) is 0 Å². The second-order valence-corrected chi connectivity index (χ2v) is 6.45. The lowest BCUT2D eigenvalue weighted by Crippen LogP contribution is -2.38. The summed E-state index contributed by atoms with van der Waals surface area (Å²) in [6, 6.07) is 14.3. The van der Waals surface area contributed by atoms with Gasteiger partial charge in [-0.3, -0.25) is 14.4 Å². The van der Waals surface area contributed by atoms with Crippen LogP contribution in [0.15, 0.2) is 61.1 Å². The molecule has 1 N–H and O–H groups in total. The first-order valence-corrected chi connectivity index (χ1v) is 9.38. The molecule has 3 aromatic rings. The summed E-state index contributed by atoms with van der Waals surface area (Å²) in [5, 5.41) is 7.39. The molecule has 142 valence electrons. The molecule has 0 aliphatic rings. The van der Waals surface area contributed by atoms with Gasteiger partial charge in [0.25, 0.3) is 5.91 Å². The van der Waals surface area contributed by atoms with Crippen molar-refractivity contribution >= 4 is 5.91 Å². The monoisotopic (exact) mass is 365 g/mol. The maximum atomic E-state index is 12.9. The van der Waals surface area contributed by atoms with Gasteiger partial charge in [0, 0.05) is 26.0 Å². The molecule has 1 aromatic carbocycles. The van der Waals surface area contributed by atoms with Crippen molar-refractivity contribution in [2.45, 2.75) is 19.9 Å². The van der Waals surface area contributed by atoms with Crippen LogP contribution < -0.4 is 5.32 Å². The van der Waals surface area contributed by atoms with Gasteiger partial charge in [-0.05, 0) is 30.8 Å². The molecule has 6 heteroatoms. The van der Waals surface area contributed by atoms with E-state index in [1.54, 1.807) is 10.9 Å². The minimum absolute atomic E-state index is 0.111. The highest BCUT2D eigenvalue weighted by Gasteiger charge is 2.21. The topological polar surface area (TPSA) is 55.1 Å². The van der Waals surface area contributed by atoms with Crippen LogP contribution >= 0.6 is 0 Å². The largest absolute Gasteiger partial charge is 0.350 e. The lowest BCUT2D eigenvalue weighted by Gasteiger charge is -2.30. The molecule has 0 bridgehead atoms. The second kappa shape index (κ2) is 8.68. The summed E-state index contributed by atoms with van der Waals surface area (Å²) in [6.45, 7) is 6.68. The fraction of sp³-hybridized carbons (Fsp3) is 0.333. The van der Waals surface area contributed by atoms with Crippen LogP contribution in [0, 0.1) is 0 Å². The molecule has 2 aromatic heterocycles. The van der Waals surface area contributed by atoms with E-state index in [0.29, 0.717) is 12.1 Å². The van der Waals surface area contributed by atoms with Gasteiger partial charge in [-0.2, -0.15) is 5.10 Å². The molecular weight excluding hydrogens is 338 g/mol. The Morgan fingerprint density at radius 1 is 1.11 bits per heavy atom. The summed E-state index contributed by atoms with van der Waals surface area (Å²) >= 11 is 0. The number of hydrogen-bond acceptors (Lipinski definition) is 3. The van der Waals surface area contributed by atoms with Crippen molar-refractivity contribution in [1.29, 1.82) is 0 Å². The van der Waals surface area contributed by atoms with Gasteiger partial charge < -0.3 is 9.88 Å². The maximum Gasteiger partial charge on any atom is 0.256 e. The van der Waals surface area contributed by atoms with Crippen molar-refractivity contribution in [3.8, 4) is 5.82 Å². The molecule has 3 rings (SSSR count). The zero-order valence-corrected chi connectivity index (χ0v) is 16.2. The molecule has 0 saturated carbocycles. The number of nitrogens with one attached hydrogen (secondary N) is 1. The first-order chi connectivity index (χ1) is 13.2. The molecule has 0 radical (unpaired) electrons. The molecule has 0 aliphatic carbocycles. The standard InChI is InChI=1S/C21H27N5O/c1-4-25(5-2)19(17-11-7-6-8-12-17)16-22-20(27)18-15-23-24(3)21(18)26-13-9-10-14-26/h6-15,19H,4-5,16H2,1-3H3,(H,22,27). The average molecular weight is 365 g/mol. The zero-order chi connectivity index (χ0) is 19.2. The fourth-order valence-electron chi connectivity index (χ4n) is 3.46. The van der Waals surface area contributed by atoms with E-state index in [1.165, 1.54) is 5.56 Å². The Balaban J connectivity index is 1.79. The van der Waals surface area contributed by atoms with Crippen molar-refractivity contribution < 1.29 is 4.79 Å². The second-order valence-electron chi connectivity index (χ2n) is 6.45. The summed E-state index contributed by atoms with van der Waals surface area (Å²) in [4.78, 5) is 15.3. The number of aryl methyl sites for hydroxylation is 1. The number of nitrogens with zero attached hydrogens (tertiary/aromatic N) is 4. The molecule has 0 spiro atoms. The van der Waals surface area contributed by atoms with Gasteiger partial charge in [-0.25, -0.2) is 0 Å². The Hall–Kier alpha value is -2.86. The SMILES string of the molecule is CCN(CC)C(CNC(=O)c1cnn(C)c1-n1cccc1)c1ccccc1. The van der Waals surface area contributed by atoms with Crippen LogP contribution in [0.1, 0.15) is 35.8 Å². The molecule has 0 aliphatic heterocycles. The van der Waals surface area contributed by atoms with E-state index < -0.39 is 0 Å². The Bertz CT molecular complexity index is 850. The Morgan fingerprint density at radius 3 is 2.41 bits per heavy atom. The van der Waals surface area contributed by atoms with E-state index in [1.807, 2.05) is 54.3 Å². The Kier molecular flexibility index (Phi) is 6.08. The summed E-state index contributed by atoms with van der Waals surface area (Å²) in [6.07, 6.45) is 5.45. The van der Waals surface area contributed by atoms with E-state index >= 15 is 0 Å². The van der Waals surface area contributed by atoms with Gasteiger partial charge in [-0.1, -0.05) is 44.2 Å². The number of hydrogen-bond donors (Lipinski definition) is 1. The van der Waals surface area contributed by atoms with Crippen LogP contribution in [0.2, 0.25) is 0 Å². The quantitative estimate of drug-likeness (QED) is 0.668.